The fourth-order valence-corrected chi connectivity index (χ4v) is 4.39. The van der Waals surface area contributed by atoms with Crippen molar-refractivity contribution in [3.63, 3.8) is 0 Å². The second kappa shape index (κ2) is 7.20. The average molecular weight is 395 g/mol. The topological polar surface area (TPSA) is 104 Å². The molecule has 3 heterocycles. The molecule has 0 aliphatic carbocycles. The van der Waals surface area contributed by atoms with E-state index >= 15 is 0 Å². The van der Waals surface area contributed by atoms with Crippen LogP contribution in [0.25, 0.3) is 21.3 Å². The second-order valence-electron chi connectivity index (χ2n) is 6.94. The number of imidazole rings is 1. The van der Waals surface area contributed by atoms with E-state index in [1.165, 1.54) is 17.7 Å². The van der Waals surface area contributed by atoms with Gasteiger partial charge in [0.25, 0.3) is 11.5 Å². The fourth-order valence-electron chi connectivity index (χ4n) is 3.34. The number of amides is 1. The maximum absolute atomic E-state index is 13.1. The molecule has 28 heavy (non-hydrogen) atoms. The van der Waals surface area contributed by atoms with Crippen molar-refractivity contribution in [3.8, 4) is 0 Å². The molecule has 0 bridgehead atoms. The lowest BCUT2D eigenvalue weighted by Gasteiger charge is -2.22. The van der Waals surface area contributed by atoms with Crippen LogP contribution in [-0.2, 0) is 0 Å². The smallest absolute Gasteiger partial charge is 0.262 e. The molecule has 0 radical (unpaired) electrons. The number of aromatic amines is 2. The number of hydrogen-bond donors (Lipinski definition) is 3. The Morgan fingerprint density at radius 2 is 2.11 bits per heavy atom. The predicted molar refractivity (Wildman–Crippen MR) is 111 cm³/mol. The van der Waals surface area contributed by atoms with Crippen molar-refractivity contribution in [1.82, 2.24) is 25.3 Å². The van der Waals surface area contributed by atoms with Crippen LogP contribution in [0.15, 0.2) is 35.4 Å². The number of H-pyrrole nitrogens is 2. The van der Waals surface area contributed by atoms with E-state index in [1.807, 2.05) is 24.3 Å². The summed E-state index contributed by atoms with van der Waals surface area (Å²) in [4.78, 5) is 41.0. The van der Waals surface area contributed by atoms with Crippen molar-refractivity contribution in [3.05, 3.63) is 57.2 Å². The SMILES string of the molecule is CC[C@H](C)[C@@H](NC(=O)c1sc2nc[nH]c(=O)c2c1C)c1nc2ccccc2[nH]1. The second-order valence-corrected chi connectivity index (χ2v) is 7.94. The molecule has 0 aliphatic heterocycles. The average Bonchev–Trinajstić information content (AvgIpc) is 3.27. The summed E-state index contributed by atoms with van der Waals surface area (Å²) < 4.78 is 0. The Labute approximate surface area is 165 Å². The van der Waals surface area contributed by atoms with Crippen molar-refractivity contribution >= 4 is 38.5 Å². The Morgan fingerprint density at radius 3 is 2.82 bits per heavy atom. The van der Waals surface area contributed by atoms with E-state index in [2.05, 4.69) is 39.1 Å². The van der Waals surface area contributed by atoms with E-state index in [9.17, 15) is 9.59 Å². The third kappa shape index (κ3) is 3.09. The molecule has 0 unspecified atom stereocenters. The van der Waals surface area contributed by atoms with Crippen molar-refractivity contribution < 1.29 is 4.79 Å². The molecular weight excluding hydrogens is 374 g/mol. The van der Waals surface area contributed by atoms with Gasteiger partial charge in [0, 0.05) is 0 Å². The number of benzene rings is 1. The zero-order valence-electron chi connectivity index (χ0n) is 15.9. The third-order valence-electron chi connectivity index (χ3n) is 5.14. The van der Waals surface area contributed by atoms with Crippen LogP contribution in [0, 0.1) is 12.8 Å². The Morgan fingerprint density at radius 1 is 1.32 bits per heavy atom. The maximum atomic E-state index is 13.1. The Bertz CT molecular complexity index is 1190. The highest BCUT2D eigenvalue weighted by Crippen LogP contribution is 2.29. The fraction of sp³-hybridized carbons (Fsp3) is 0.300. The number of carbonyl (C=O) groups excluding carboxylic acids is 1. The quantitative estimate of drug-likeness (QED) is 0.479. The van der Waals surface area contributed by atoms with Crippen LogP contribution in [0.1, 0.15) is 47.4 Å². The molecule has 4 rings (SSSR count). The van der Waals surface area contributed by atoms with Gasteiger partial charge in [0.2, 0.25) is 0 Å². The first-order chi connectivity index (χ1) is 13.5. The lowest BCUT2D eigenvalue weighted by molar-refractivity contribution is 0.0924. The van der Waals surface area contributed by atoms with Gasteiger partial charge in [-0.2, -0.15) is 0 Å². The Balaban J connectivity index is 1.71. The minimum absolute atomic E-state index is 0.181. The van der Waals surface area contributed by atoms with Crippen molar-refractivity contribution in [1.29, 1.82) is 0 Å². The monoisotopic (exact) mass is 395 g/mol. The molecule has 3 aromatic heterocycles. The number of nitrogens with zero attached hydrogens (tertiary/aromatic N) is 2. The van der Waals surface area contributed by atoms with Crippen LogP contribution in [0.4, 0.5) is 0 Å². The van der Waals surface area contributed by atoms with Crippen LogP contribution >= 0.6 is 11.3 Å². The van der Waals surface area contributed by atoms with Crippen LogP contribution < -0.4 is 10.9 Å². The lowest BCUT2D eigenvalue weighted by atomic mass is 9.98. The van der Waals surface area contributed by atoms with Crippen molar-refractivity contribution in [2.75, 3.05) is 0 Å². The molecule has 0 aliphatic rings. The number of para-hydroxylation sites is 2. The molecule has 8 heteroatoms. The van der Waals surface area contributed by atoms with Crippen LogP contribution in [0.5, 0.6) is 0 Å². The summed E-state index contributed by atoms with van der Waals surface area (Å²) in [7, 11) is 0. The first-order valence-corrected chi connectivity index (χ1v) is 10.0. The Hall–Kier alpha value is -3.00. The number of nitrogens with one attached hydrogen (secondary N) is 3. The van der Waals surface area contributed by atoms with Crippen LogP contribution in [0.2, 0.25) is 0 Å². The summed E-state index contributed by atoms with van der Waals surface area (Å²) in [5.74, 6) is 0.699. The van der Waals surface area contributed by atoms with E-state index < -0.39 is 0 Å². The normalized spacial score (nSPS) is 13.7. The van der Waals surface area contributed by atoms with Gasteiger partial charge < -0.3 is 15.3 Å². The largest absolute Gasteiger partial charge is 0.341 e. The summed E-state index contributed by atoms with van der Waals surface area (Å²) in [5.41, 5.74) is 2.23. The van der Waals surface area contributed by atoms with Gasteiger partial charge in [-0.15, -0.1) is 11.3 Å². The molecule has 0 saturated carbocycles. The highest BCUT2D eigenvalue weighted by molar-refractivity contribution is 7.20. The molecule has 4 aromatic rings. The number of fused-ring (bicyclic) bond motifs is 2. The predicted octanol–water partition coefficient (Wildman–Crippen LogP) is 3.69. The molecule has 0 saturated heterocycles. The summed E-state index contributed by atoms with van der Waals surface area (Å²) in [6.07, 6.45) is 2.24. The number of thiophene rings is 1. The summed E-state index contributed by atoms with van der Waals surface area (Å²) in [6, 6.07) is 7.54. The number of carbonyl (C=O) groups is 1. The zero-order valence-corrected chi connectivity index (χ0v) is 16.7. The highest BCUT2D eigenvalue weighted by atomic mass is 32.1. The van der Waals surface area contributed by atoms with Crippen LogP contribution in [0.3, 0.4) is 0 Å². The summed E-state index contributed by atoms with van der Waals surface area (Å²) in [6.45, 7) is 5.95. The van der Waals surface area contributed by atoms with Gasteiger partial charge in [-0.1, -0.05) is 32.4 Å². The molecule has 0 spiro atoms. The minimum atomic E-state index is -0.263. The number of aromatic nitrogens is 4. The molecule has 0 fully saturated rings. The van der Waals surface area contributed by atoms with Gasteiger partial charge in [-0.3, -0.25) is 9.59 Å². The molecule has 1 aromatic carbocycles. The number of rotatable bonds is 5. The van der Waals surface area contributed by atoms with Crippen molar-refractivity contribution in [2.24, 2.45) is 5.92 Å². The Kier molecular flexibility index (Phi) is 4.72. The molecule has 7 nitrogen and oxygen atoms in total. The molecule has 3 N–H and O–H groups in total. The minimum Gasteiger partial charge on any atom is -0.341 e. The van der Waals surface area contributed by atoms with Gasteiger partial charge in [-0.05, 0) is 30.5 Å². The zero-order chi connectivity index (χ0) is 19.8. The van der Waals surface area contributed by atoms with Gasteiger partial charge >= 0.3 is 0 Å². The molecule has 144 valence electrons. The lowest BCUT2D eigenvalue weighted by Crippen LogP contribution is -2.33. The van der Waals surface area contributed by atoms with Gasteiger partial charge in [0.15, 0.2) is 0 Å². The van der Waals surface area contributed by atoms with Crippen molar-refractivity contribution in [2.45, 2.75) is 33.2 Å². The van der Waals surface area contributed by atoms with E-state index in [4.69, 9.17) is 0 Å². The number of hydrogen-bond acceptors (Lipinski definition) is 5. The summed E-state index contributed by atoms with van der Waals surface area (Å²) in [5, 5.41) is 3.59. The highest BCUT2D eigenvalue weighted by Gasteiger charge is 2.26. The summed E-state index contributed by atoms with van der Waals surface area (Å²) >= 11 is 1.23. The molecular formula is C20H21N5O2S. The third-order valence-corrected chi connectivity index (χ3v) is 6.34. The van der Waals surface area contributed by atoms with Gasteiger partial charge in [-0.25, -0.2) is 9.97 Å². The van der Waals surface area contributed by atoms with E-state index in [0.717, 1.165) is 23.3 Å². The first-order valence-electron chi connectivity index (χ1n) is 9.21. The van der Waals surface area contributed by atoms with Crippen LogP contribution in [-0.4, -0.2) is 25.8 Å². The van der Waals surface area contributed by atoms with Gasteiger partial charge in [0.1, 0.15) is 10.7 Å². The maximum Gasteiger partial charge on any atom is 0.262 e. The molecule has 1 amide bonds. The first kappa shape index (κ1) is 18.4. The standard InChI is InChI=1S/C20H21N5O2S/c1-4-10(2)15(17-23-12-7-5-6-8-13(12)24-17)25-19(27)16-11(3)14-18(26)21-9-22-20(14)28-16/h5-10,15H,4H2,1-3H3,(H,23,24)(H,25,27)(H,21,22,26)/t10-,15+/m0/s1. The van der Waals surface area contributed by atoms with Gasteiger partial charge in [0.05, 0.1) is 33.7 Å². The molecule has 2 atom stereocenters. The number of aryl methyl sites for hydroxylation is 1. The van der Waals surface area contributed by atoms with E-state index in [-0.39, 0.29) is 23.4 Å². The van der Waals surface area contributed by atoms with E-state index in [0.29, 0.717) is 20.7 Å². The van der Waals surface area contributed by atoms with E-state index in [1.54, 1.807) is 6.92 Å².